The second-order valence-corrected chi connectivity index (χ2v) is 4.13. The molecule has 1 heterocycles. The Morgan fingerprint density at radius 2 is 2.06 bits per heavy atom. The zero-order valence-corrected chi connectivity index (χ0v) is 8.93. The third-order valence-electron chi connectivity index (χ3n) is 2.78. The number of rotatable bonds is 2. The first-order valence-electron chi connectivity index (χ1n) is 5.52. The highest BCUT2D eigenvalue weighted by Crippen LogP contribution is 2.24. The Labute approximate surface area is 94.0 Å². The van der Waals surface area contributed by atoms with E-state index in [4.69, 9.17) is 5.73 Å². The summed E-state index contributed by atoms with van der Waals surface area (Å²) in [6, 6.07) is 10.5. The van der Waals surface area contributed by atoms with Crippen molar-refractivity contribution in [3.8, 4) is 0 Å². The van der Waals surface area contributed by atoms with Gasteiger partial charge in [-0.3, -0.25) is 9.98 Å². The van der Waals surface area contributed by atoms with E-state index >= 15 is 0 Å². The van der Waals surface area contributed by atoms with Gasteiger partial charge in [-0.15, -0.1) is 0 Å². The van der Waals surface area contributed by atoms with Crippen LogP contribution in [0.15, 0.2) is 41.5 Å². The molecule has 0 unspecified atom stereocenters. The van der Waals surface area contributed by atoms with E-state index in [1.54, 1.807) is 6.20 Å². The number of aliphatic imine (C=N–C) groups is 1. The van der Waals surface area contributed by atoms with Gasteiger partial charge in [0.05, 0.1) is 6.04 Å². The van der Waals surface area contributed by atoms with Crippen LogP contribution in [-0.4, -0.2) is 16.9 Å². The lowest BCUT2D eigenvalue weighted by Crippen LogP contribution is -2.16. The van der Waals surface area contributed by atoms with Gasteiger partial charge >= 0.3 is 0 Å². The first kappa shape index (κ1) is 9.33. The summed E-state index contributed by atoms with van der Waals surface area (Å²) in [5.74, 6) is 0.569. The highest BCUT2D eigenvalue weighted by Gasteiger charge is 2.21. The Hall–Kier alpha value is -1.90. The van der Waals surface area contributed by atoms with Crippen LogP contribution in [-0.2, 0) is 0 Å². The molecule has 0 radical (unpaired) electrons. The standard InChI is InChI=1S/C13H13N3/c14-13(16-10-5-6-10)12-11-4-2-1-3-9(11)7-8-15-12/h1-4,7-8,10H,5-6H2,(H2,14,16). The normalized spacial score (nSPS) is 16.6. The van der Waals surface area contributed by atoms with E-state index in [1.807, 2.05) is 24.3 Å². The summed E-state index contributed by atoms with van der Waals surface area (Å²) in [6.45, 7) is 0. The number of nitrogens with two attached hydrogens (primary N) is 1. The predicted molar refractivity (Wildman–Crippen MR) is 65.5 cm³/mol. The van der Waals surface area contributed by atoms with E-state index in [0.29, 0.717) is 11.9 Å². The van der Waals surface area contributed by atoms with Crippen molar-refractivity contribution in [3.05, 3.63) is 42.2 Å². The first-order chi connectivity index (χ1) is 7.84. The average Bonchev–Trinajstić information content (AvgIpc) is 3.12. The summed E-state index contributed by atoms with van der Waals surface area (Å²) >= 11 is 0. The Bertz CT molecular complexity index is 551. The van der Waals surface area contributed by atoms with Crippen molar-refractivity contribution in [1.82, 2.24) is 4.98 Å². The molecule has 2 N–H and O–H groups in total. The van der Waals surface area contributed by atoms with Gasteiger partial charge in [0.25, 0.3) is 0 Å². The molecular weight excluding hydrogens is 198 g/mol. The predicted octanol–water partition coefficient (Wildman–Crippen LogP) is 2.10. The molecule has 3 rings (SSSR count). The molecule has 1 aliphatic rings. The second-order valence-electron chi connectivity index (χ2n) is 4.13. The van der Waals surface area contributed by atoms with E-state index < -0.39 is 0 Å². The van der Waals surface area contributed by atoms with Crippen LogP contribution >= 0.6 is 0 Å². The van der Waals surface area contributed by atoms with Crippen LogP contribution in [0.1, 0.15) is 18.5 Å². The first-order valence-corrected chi connectivity index (χ1v) is 5.52. The minimum atomic E-state index is 0.431. The van der Waals surface area contributed by atoms with Gasteiger partial charge in [0.2, 0.25) is 0 Å². The Balaban J connectivity index is 2.15. The molecule has 80 valence electrons. The maximum Gasteiger partial charge on any atom is 0.145 e. The minimum Gasteiger partial charge on any atom is -0.382 e. The van der Waals surface area contributed by atoms with E-state index in [9.17, 15) is 0 Å². The van der Waals surface area contributed by atoms with Gasteiger partial charge in [-0.05, 0) is 24.3 Å². The summed E-state index contributed by atoms with van der Waals surface area (Å²) in [7, 11) is 0. The molecule has 0 bridgehead atoms. The van der Waals surface area contributed by atoms with Crippen LogP contribution in [0, 0.1) is 0 Å². The summed E-state index contributed by atoms with van der Waals surface area (Å²) in [5, 5.41) is 2.23. The molecule has 1 aromatic heterocycles. The zero-order valence-electron chi connectivity index (χ0n) is 8.93. The number of amidine groups is 1. The van der Waals surface area contributed by atoms with Gasteiger partial charge in [-0.1, -0.05) is 24.3 Å². The van der Waals surface area contributed by atoms with Gasteiger partial charge in [0.1, 0.15) is 11.5 Å². The Morgan fingerprint density at radius 3 is 2.88 bits per heavy atom. The quantitative estimate of drug-likeness (QED) is 0.611. The van der Waals surface area contributed by atoms with Crippen molar-refractivity contribution in [3.63, 3.8) is 0 Å². The number of nitrogens with zero attached hydrogens (tertiary/aromatic N) is 2. The maximum atomic E-state index is 5.99. The van der Waals surface area contributed by atoms with E-state index in [-0.39, 0.29) is 0 Å². The van der Waals surface area contributed by atoms with Crippen molar-refractivity contribution in [2.24, 2.45) is 10.7 Å². The molecule has 1 saturated carbocycles. The third-order valence-corrected chi connectivity index (χ3v) is 2.78. The lowest BCUT2D eigenvalue weighted by molar-refractivity contribution is 1.06. The smallest absolute Gasteiger partial charge is 0.145 e. The zero-order chi connectivity index (χ0) is 11.0. The molecule has 1 aliphatic carbocycles. The van der Waals surface area contributed by atoms with Crippen LogP contribution in [0.2, 0.25) is 0 Å². The fraction of sp³-hybridized carbons (Fsp3) is 0.231. The third kappa shape index (κ3) is 1.65. The molecule has 3 heteroatoms. The molecule has 1 fully saturated rings. The molecule has 0 aliphatic heterocycles. The fourth-order valence-electron chi connectivity index (χ4n) is 1.79. The van der Waals surface area contributed by atoms with Crippen LogP contribution in [0.4, 0.5) is 0 Å². The number of pyridine rings is 1. The average molecular weight is 211 g/mol. The van der Waals surface area contributed by atoms with Crippen LogP contribution in [0.25, 0.3) is 10.8 Å². The monoisotopic (exact) mass is 211 g/mol. The van der Waals surface area contributed by atoms with Crippen molar-refractivity contribution >= 4 is 16.6 Å². The molecule has 16 heavy (non-hydrogen) atoms. The second kappa shape index (κ2) is 3.59. The van der Waals surface area contributed by atoms with Gasteiger partial charge < -0.3 is 5.73 Å². The van der Waals surface area contributed by atoms with Crippen LogP contribution in [0.5, 0.6) is 0 Å². The van der Waals surface area contributed by atoms with Gasteiger partial charge in [-0.25, -0.2) is 0 Å². The highest BCUT2D eigenvalue weighted by atomic mass is 14.9. The molecule has 1 aromatic carbocycles. The topological polar surface area (TPSA) is 51.3 Å². The summed E-state index contributed by atoms with van der Waals surface area (Å²) in [5.41, 5.74) is 6.80. The molecule has 0 spiro atoms. The largest absolute Gasteiger partial charge is 0.382 e. The molecule has 0 atom stereocenters. The number of benzene rings is 1. The van der Waals surface area contributed by atoms with E-state index in [0.717, 1.165) is 29.3 Å². The highest BCUT2D eigenvalue weighted by molar-refractivity contribution is 6.07. The number of aromatic nitrogens is 1. The SMILES string of the molecule is NC(=NC1CC1)c1nccc2ccccc12. The molecule has 2 aromatic rings. The van der Waals surface area contributed by atoms with Crippen LogP contribution in [0.3, 0.4) is 0 Å². The van der Waals surface area contributed by atoms with E-state index in [2.05, 4.69) is 16.0 Å². The fourth-order valence-corrected chi connectivity index (χ4v) is 1.79. The molecule has 3 nitrogen and oxygen atoms in total. The van der Waals surface area contributed by atoms with Crippen molar-refractivity contribution in [2.45, 2.75) is 18.9 Å². The van der Waals surface area contributed by atoms with Crippen LogP contribution < -0.4 is 5.73 Å². The molecular formula is C13H13N3. The minimum absolute atomic E-state index is 0.431. The Kier molecular flexibility index (Phi) is 2.10. The lowest BCUT2D eigenvalue weighted by atomic mass is 10.1. The number of hydrogen-bond donors (Lipinski definition) is 1. The molecule has 0 saturated heterocycles. The maximum absolute atomic E-state index is 5.99. The van der Waals surface area contributed by atoms with Crippen molar-refractivity contribution in [1.29, 1.82) is 0 Å². The summed E-state index contributed by atoms with van der Waals surface area (Å²) in [6.07, 6.45) is 4.10. The van der Waals surface area contributed by atoms with Crippen molar-refractivity contribution < 1.29 is 0 Å². The molecule has 0 amide bonds. The van der Waals surface area contributed by atoms with Gasteiger partial charge in [0.15, 0.2) is 0 Å². The number of fused-ring (bicyclic) bond motifs is 1. The van der Waals surface area contributed by atoms with Gasteiger partial charge in [0, 0.05) is 11.6 Å². The van der Waals surface area contributed by atoms with Gasteiger partial charge in [-0.2, -0.15) is 0 Å². The lowest BCUT2D eigenvalue weighted by Gasteiger charge is -2.04. The number of hydrogen-bond acceptors (Lipinski definition) is 2. The Morgan fingerprint density at radius 1 is 1.25 bits per heavy atom. The summed E-state index contributed by atoms with van der Waals surface area (Å²) in [4.78, 5) is 8.77. The summed E-state index contributed by atoms with van der Waals surface area (Å²) < 4.78 is 0. The van der Waals surface area contributed by atoms with E-state index in [1.165, 1.54) is 0 Å². The van der Waals surface area contributed by atoms with Crippen molar-refractivity contribution in [2.75, 3.05) is 0 Å².